The van der Waals surface area contributed by atoms with Crippen molar-refractivity contribution in [1.82, 2.24) is 14.9 Å². The molecule has 1 aliphatic rings. The monoisotopic (exact) mass is 508 g/mol. The first-order chi connectivity index (χ1) is 18.4. The summed E-state index contributed by atoms with van der Waals surface area (Å²) in [5.41, 5.74) is 4.51. The molecule has 0 spiro atoms. The fourth-order valence-electron chi connectivity index (χ4n) is 4.51. The molecule has 5 rings (SSSR count). The van der Waals surface area contributed by atoms with E-state index in [9.17, 15) is 14.7 Å². The number of amides is 1. The summed E-state index contributed by atoms with van der Waals surface area (Å²) >= 11 is 0. The number of carboxylic acids is 1. The molecule has 0 radical (unpaired) electrons. The lowest BCUT2D eigenvalue weighted by Crippen LogP contribution is -2.44. The molecule has 2 heterocycles. The third-order valence-corrected chi connectivity index (χ3v) is 6.59. The number of para-hydroxylation sites is 1. The number of nitrogens with one attached hydrogen (secondary N) is 2. The summed E-state index contributed by atoms with van der Waals surface area (Å²) < 4.78 is 0. The second kappa shape index (κ2) is 10.7. The van der Waals surface area contributed by atoms with Gasteiger partial charge in [-0.1, -0.05) is 36.9 Å². The maximum atomic E-state index is 12.1. The molecule has 9 nitrogen and oxygen atoms in total. The highest BCUT2D eigenvalue weighted by Gasteiger charge is 2.19. The Hall–Kier alpha value is -4.76. The van der Waals surface area contributed by atoms with Crippen LogP contribution < -0.4 is 15.5 Å². The Morgan fingerprint density at radius 3 is 2.58 bits per heavy atom. The van der Waals surface area contributed by atoms with Crippen LogP contribution in [0.25, 0.3) is 22.0 Å². The maximum absolute atomic E-state index is 12.1. The average molecular weight is 509 g/mol. The number of carboxylic acid groups (broad SMARTS) is 1. The number of rotatable bonds is 7. The van der Waals surface area contributed by atoms with Crippen molar-refractivity contribution in [3.8, 4) is 11.1 Å². The highest BCUT2D eigenvalue weighted by atomic mass is 16.4. The third kappa shape index (κ3) is 5.33. The van der Waals surface area contributed by atoms with Crippen molar-refractivity contribution < 1.29 is 14.7 Å². The van der Waals surface area contributed by atoms with E-state index >= 15 is 0 Å². The van der Waals surface area contributed by atoms with Gasteiger partial charge >= 0.3 is 5.97 Å². The van der Waals surface area contributed by atoms with Gasteiger partial charge in [0.1, 0.15) is 0 Å². The average Bonchev–Trinajstić information content (AvgIpc) is 2.93. The van der Waals surface area contributed by atoms with E-state index in [1.165, 1.54) is 6.08 Å². The Bertz CT molecular complexity index is 1530. The number of hydrogen-bond acceptors (Lipinski definition) is 7. The first-order valence-electron chi connectivity index (χ1n) is 12.3. The second-order valence-electron chi connectivity index (χ2n) is 9.16. The molecule has 0 bridgehead atoms. The molecule has 3 aromatic carbocycles. The summed E-state index contributed by atoms with van der Waals surface area (Å²) in [5.74, 6) is -1.03. The van der Waals surface area contributed by atoms with Gasteiger partial charge in [-0.05, 0) is 49.0 Å². The van der Waals surface area contributed by atoms with Crippen LogP contribution in [0.1, 0.15) is 10.4 Å². The van der Waals surface area contributed by atoms with E-state index in [0.717, 1.165) is 48.4 Å². The molecule has 0 aliphatic carbocycles. The van der Waals surface area contributed by atoms with Gasteiger partial charge in [0.05, 0.1) is 16.8 Å². The van der Waals surface area contributed by atoms with Crippen LogP contribution >= 0.6 is 0 Å². The van der Waals surface area contributed by atoms with Gasteiger partial charge in [0.15, 0.2) is 0 Å². The van der Waals surface area contributed by atoms with Crippen molar-refractivity contribution in [2.75, 3.05) is 48.8 Å². The van der Waals surface area contributed by atoms with E-state index in [-0.39, 0.29) is 17.4 Å². The number of anilines is 4. The van der Waals surface area contributed by atoms with Gasteiger partial charge in [-0.15, -0.1) is 0 Å². The Labute approximate surface area is 220 Å². The van der Waals surface area contributed by atoms with Crippen molar-refractivity contribution in [1.29, 1.82) is 0 Å². The molecule has 9 heteroatoms. The lowest BCUT2D eigenvalue weighted by Gasteiger charge is -2.34. The number of aromatic nitrogens is 2. The first kappa shape index (κ1) is 24.9. The number of carbonyl (C=O) groups is 2. The summed E-state index contributed by atoms with van der Waals surface area (Å²) in [6.45, 7) is 7.04. The van der Waals surface area contributed by atoms with Crippen LogP contribution in [0.15, 0.2) is 79.5 Å². The van der Waals surface area contributed by atoms with E-state index in [1.54, 1.807) is 24.4 Å². The van der Waals surface area contributed by atoms with E-state index in [1.807, 2.05) is 42.5 Å². The lowest BCUT2D eigenvalue weighted by molar-refractivity contribution is -0.111. The fourth-order valence-corrected chi connectivity index (χ4v) is 4.51. The number of hydrogen-bond donors (Lipinski definition) is 3. The summed E-state index contributed by atoms with van der Waals surface area (Å²) in [5, 5.41) is 16.7. The molecule has 0 saturated carbocycles. The maximum Gasteiger partial charge on any atom is 0.337 e. The quantitative estimate of drug-likeness (QED) is 0.310. The molecule has 0 atom stereocenters. The van der Waals surface area contributed by atoms with Gasteiger partial charge in [-0.3, -0.25) is 4.79 Å². The number of likely N-dealkylation sites (N-methyl/N-ethyl adjacent to an activating group) is 1. The summed E-state index contributed by atoms with van der Waals surface area (Å²) in [7, 11) is 2.08. The Kier molecular flexibility index (Phi) is 7.01. The molecule has 38 heavy (non-hydrogen) atoms. The molecule has 1 saturated heterocycles. The van der Waals surface area contributed by atoms with Crippen molar-refractivity contribution in [3.63, 3.8) is 0 Å². The number of nitrogens with zero attached hydrogens (tertiary/aromatic N) is 4. The molecule has 1 fully saturated rings. The smallest absolute Gasteiger partial charge is 0.337 e. The minimum Gasteiger partial charge on any atom is -0.478 e. The largest absolute Gasteiger partial charge is 0.478 e. The van der Waals surface area contributed by atoms with Crippen LogP contribution in [0.5, 0.6) is 0 Å². The molecule has 4 aromatic rings. The van der Waals surface area contributed by atoms with Crippen LogP contribution in [-0.4, -0.2) is 65.1 Å². The first-order valence-corrected chi connectivity index (χ1v) is 12.3. The van der Waals surface area contributed by atoms with E-state index in [2.05, 4.69) is 39.0 Å². The lowest BCUT2D eigenvalue weighted by atomic mass is 10.0. The zero-order valence-corrected chi connectivity index (χ0v) is 21.0. The highest BCUT2D eigenvalue weighted by molar-refractivity contribution is 6.00. The van der Waals surface area contributed by atoms with Crippen LogP contribution in [0, 0.1) is 0 Å². The van der Waals surface area contributed by atoms with Gasteiger partial charge in [0.2, 0.25) is 11.9 Å². The van der Waals surface area contributed by atoms with Crippen molar-refractivity contribution in [2.24, 2.45) is 0 Å². The zero-order chi connectivity index (χ0) is 26.6. The minimum atomic E-state index is -1.02. The molecular formula is C29H28N6O3. The van der Waals surface area contributed by atoms with E-state index in [0.29, 0.717) is 16.9 Å². The molecule has 192 valence electrons. The van der Waals surface area contributed by atoms with Crippen LogP contribution in [-0.2, 0) is 4.79 Å². The van der Waals surface area contributed by atoms with Crippen molar-refractivity contribution in [3.05, 3.63) is 85.1 Å². The van der Waals surface area contributed by atoms with Crippen molar-refractivity contribution >= 4 is 45.8 Å². The van der Waals surface area contributed by atoms with Gasteiger partial charge in [-0.25, -0.2) is 14.8 Å². The predicted octanol–water partition coefficient (Wildman–Crippen LogP) is 4.61. The summed E-state index contributed by atoms with van der Waals surface area (Å²) in [6.07, 6.45) is 2.93. The molecule has 1 aliphatic heterocycles. The molecule has 0 unspecified atom stereocenters. The zero-order valence-electron chi connectivity index (χ0n) is 21.0. The molecular weight excluding hydrogens is 480 g/mol. The van der Waals surface area contributed by atoms with E-state index < -0.39 is 5.97 Å². The molecule has 1 aromatic heterocycles. The SMILES string of the molecule is C=CC(=O)Nc1cccc(-c2cccc3cnc(Nc4ccc(N5CCN(C)CC5)cc4C(=O)O)nc23)c1. The van der Waals surface area contributed by atoms with Crippen LogP contribution in [0.2, 0.25) is 0 Å². The van der Waals surface area contributed by atoms with Gasteiger partial charge in [0.25, 0.3) is 0 Å². The number of benzene rings is 3. The second-order valence-corrected chi connectivity index (χ2v) is 9.16. The topological polar surface area (TPSA) is 111 Å². The predicted molar refractivity (Wildman–Crippen MR) is 150 cm³/mol. The minimum absolute atomic E-state index is 0.157. The molecule has 3 N–H and O–H groups in total. The number of fused-ring (bicyclic) bond motifs is 1. The standard InChI is InChI=1S/C29H28N6O3/c1-3-26(36)31-21-8-4-6-19(16-21)23-9-5-7-20-18-30-29(33-27(20)23)32-25-11-10-22(17-24(25)28(37)38)35-14-12-34(2)13-15-35/h3-11,16-18H,1,12-15H2,2H3,(H,31,36)(H,37,38)(H,30,32,33). The Morgan fingerprint density at radius 1 is 1.03 bits per heavy atom. The Morgan fingerprint density at radius 2 is 1.82 bits per heavy atom. The van der Waals surface area contributed by atoms with Crippen LogP contribution in [0.4, 0.5) is 23.0 Å². The van der Waals surface area contributed by atoms with E-state index in [4.69, 9.17) is 4.98 Å². The third-order valence-electron chi connectivity index (χ3n) is 6.59. The number of aromatic carboxylic acids is 1. The van der Waals surface area contributed by atoms with Crippen molar-refractivity contribution in [2.45, 2.75) is 0 Å². The van der Waals surface area contributed by atoms with Gasteiger partial charge in [0, 0.05) is 54.7 Å². The number of carbonyl (C=O) groups excluding carboxylic acids is 1. The van der Waals surface area contributed by atoms with Gasteiger partial charge in [-0.2, -0.15) is 0 Å². The highest BCUT2D eigenvalue weighted by Crippen LogP contribution is 2.31. The number of piperazine rings is 1. The van der Waals surface area contributed by atoms with Crippen LogP contribution in [0.3, 0.4) is 0 Å². The summed E-state index contributed by atoms with van der Waals surface area (Å²) in [6, 6.07) is 18.6. The molecule has 1 amide bonds. The Balaban J connectivity index is 1.47. The summed E-state index contributed by atoms with van der Waals surface area (Å²) in [4.78, 5) is 37.5. The van der Waals surface area contributed by atoms with Gasteiger partial charge < -0.3 is 25.5 Å². The normalized spacial score (nSPS) is 13.8. The fraction of sp³-hybridized carbons (Fsp3) is 0.172.